The highest BCUT2D eigenvalue weighted by Crippen LogP contribution is 2.39. The molecule has 1 unspecified atom stereocenters. The Morgan fingerprint density at radius 3 is 2.48 bits per heavy atom. The summed E-state index contributed by atoms with van der Waals surface area (Å²) in [6.07, 6.45) is 3.89. The van der Waals surface area contributed by atoms with Crippen molar-refractivity contribution in [3.63, 3.8) is 0 Å². The zero-order chi connectivity index (χ0) is 17.8. The van der Waals surface area contributed by atoms with Crippen molar-refractivity contribution in [2.75, 3.05) is 45.9 Å². The van der Waals surface area contributed by atoms with Crippen LogP contribution in [0.25, 0.3) is 0 Å². The number of rotatable bonds is 7. The molecule has 0 aromatic rings. The second-order valence-electron chi connectivity index (χ2n) is 7.08. The first kappa shape index (κ1) is 18.3. The van der Waals surface area contributed by atoms with Crippen LogP contribution in [-0.2, 0) is 19.1 Å². The maximum atomic E-state index is 12.3. The van der Waals surface area contributed by atoms with E-state index in [2.05, 4.69) is 0 Å². The van der Waals surface area contributed by atoms with Crippen molar-refractivity contribution in [1.82, 2.24) is 14.9 Å². The number of hydrogen-bond acceptors (Lipinski definition) is 6. The molecule has 25 heavy (non-hydrogen) atoms. The number of carbonyl (C=O) groups excluding carboxylic acids is 3. The zero-order valence-electron chi connectivity index (χ0n) is 14.6. The average Bonchev–Trinajstić information content (AvgIpc) is 2.81. The minimum atomic E-state index is -0.118. The van der Waals surface area contributed by atoms with Gasteiger partial charge in [0.2, 0.25) is 17.7 Å². The Morgan fingerprint density at radius 2 is 1.84 bits per heavy atom. The second kappa shape index (κ2) is 8.25. The molecule has 1 aliphatic carbocycles. The highest BCUT2D eigenvalue weighted by atomic mass is 16.5. The topological polar surface area (TPSA) is 90.4 Å². The number of hydroxylamine groups is 2. The Bertz CT molecular complexity index is 514. The normalized spacial score (nSPS) is 25.6. The third-order valence-electron chi connectivity index (χ3n) is 5.53. The summed E-state index contributed by atoms with van der Waals surface area (Å²) in [7, 11) is 0. The van der Waals surface area contributed by atoms with E-state index in [1.165, 1.54) is 9.96 Å². The van der Waals surface area contributed by atoms with Crippen LogP contribution in [0.1, 0.15) is 32.1 Å². The molecule has 8 heteroatoms. The minimum Gasteiger partial charge on any atom is -0.379 e. The van der Waals surface area contributed by atoms with E-state index in [1.807, 2.05) is 0 Å². The molecule has 3 rings (SSSR count). The molecule has 3 aliphatic rings. The molecule has 2 aliphatic heterocycles. The van der Waals surface area contributed by atoms with Gasteiger partial charge < -0.3 is 14.8 Å². The molecule has 1 saturated carbocycles. The van der Waals surface area contributed by atoms with Gasteiger partial charge in [-0.3, -0.25) is 19.3 Å². The molecule has 2 heterocycles. The standard InChI is InChI=1S/C17H27N3O5/c21-15(18-5-7-19(24)8-6-18)4-10-25-11-9-20-16(22)12-14(17(20)23)13-2-1-3-13/h13-14,24H,1-12H2. The fourth-order valence-electron chi connectivity index (χ4n) is 3.67. The van der Waals surface area contributed by atoms with Crippen LogP contribution >= 0.6 is 0 Å². The second-order valence-corrected chi connectivity index (χ2v) is 7.08. The maximum Gasteiger partial charge on any atom is 0.233 e. The number of ether oxygens (including phenoxy) is 1. The molecule has 0 bridgehead atoms. The summed E-state index contributed by atoms with van der Waals surface area (Å²) in [6, 6.07) is 0. The lowest BCUT2D eigenvalue weighted by Gasteiger charge is -2.31. The Hall–Kier alpha value is -1.51. The largest absolute Gasteiger partial charge is 0.379 e. The number of hydrogen-bond donors (Lipinski definition) is 1. The van der Waals surface area contributed by atoms with E-state index in [4.69, 9.17) is 4.74 Å². The molecule has 140 valence electrons. The van der Waals surface area contributed by atoms with E-state index < -0.39 is 0 Å². The third-order valence-corrected chi connectivity index (χ3v) is 5.53. The number of imide groups is 1. The van der Waals surface area contributed by atoms with Crippen molar-refractivity contribution < 1.29 is 24.3 Å². The first-order valence-electron chi connectivity index (χ1n) is 9.20. The molecule has 3 amide bonds. The van der Waals surface area contributed by atoms with Gasteiger partial charge in [-0.05, 0) is 18.8 Å². The van der Waals surface area contributed by atoms with Crippen LogP contribution in [0.2, 0.25) is 0 Å². The quantitative estimate of drug-likeness (QED) is 0.516. The van der Waals surface area contributed by atoms with Crippen molar-refractivity contribution >= 4 is 17.7 Å². The van der Waals surface area contributed by atoms with Crippen molar-refractivity contribution in [2.45, 2.75) is 32.1 Å². The predicted molar refractivity (Wildman–Crippen MR) is 87.5 cm³/mol. The number of carbonyl (C=O) groups is 3. The van der Waals surface area contributed by atoms with Gasteiger partial charge in [-0.1, -0.05) is 6.42 Å². The van der Waals surface area contributed by atoms with Crippen molar-refractivity contribution in [3.8, 4) is 0 Å². The number of piperazine rings is 1. The minimum absolute atomic E-state index is 0.00599. The van der Waals surface area contributed by atoms with Crippen molar-refractivity contribution in [2.24, 2.45) is 11.8 Å². The Morgan fingerprint density at radius 1 is 1.12 bits per heavy atom. The molecule has 0 spiro atoms. The zero-order valence-corrected chi connectivity index (χ0v) is 14.6. The third kappa shape index (κ3) is 4.37. The van der Waals surface area contributed by atoms with Crippen LogP contribution in [0.5, 0.6) is 0 Å². The molecular weight excluding hydrogens is 326 g/mol. The van der Waals surface area contributed by atoms with Gasteiger partial charge in [0.25, 0.3) is 0 Å². The lowest BCUT2D eigenvalue weighted by Crippen LogP contribution is -2.47. The van der Waals surface area contributed by atoms with Gasteiger partial charge >= 0.3 is 0 Å². The van der Waals surface area contributed by atoms with E-state index in [-0.39, 0.29) is 49.8 Å². The lowest BCUT2D eigenvalue weighted by atomic mass is 9.75. The molecular formula is C17H27N3O5. The van der Waals surface area contributed by atoms with E-state index in [1.54, 1.807) is 4.90 Å². The van der Waals surface area contributed by atoms with Gasteiger partial charge in [0.05, 0.1) is 32.1 Å². The monoisotopic (exact) mass is 353 g/mol. The lowest BCUT2D eigenvalue weighted by molar-refractivity contribution is -0.147. The molecule has 1 N–H and O–H groups in total. The van der Waals surface area contributed by atoms with Gasteiger partial charge in [-0.25, -0.2) is 0 Å². The van der Waals surface area contributed by atoms with Crippen LogP contribution in [-0.4, -0.2) is 83.7 Å². The molecule has 0 radical (unpaired) electrons. The fourth-order valence-corrected chi connectivity index (χ4v) is 3.67. The van der Waals surface area contributed by atoms with E-state index in [0.29, 0.717) is 38.5 Å². The van der Waals surface area contributed by atoms with Crippen molar-refractivity contribution in [3.05, 3.63) is 0 Å². The Kier molecular flexibility index (Phi) is 6.03. The summed E-state index contributed by atoms with van der Waals surface area (Å²) < 4.78 is 5.46. The number of likely N-dealkylation sites (tertiary alicyclic amines) is 1. The molecule has 0 aromatic heterocycles. The summed E-state index contributed by atoms with van der Waals surface area (Å²) >= 11 is 0. The molecule has 8 nitrogen and oxygen atoms in total. The van der Waals surface area contributed by atoms with Gasteiger partial charge in [0, 0.05) is 32.6 Å². The molecule has 2 saturated heterocycles. The summed E-state index contributed by atoms with van der Waals surface area (Å²) in [5.74, 6) is 0.138. The Labute approximate surface area is 147 Å². The van der Waals surface area contributed by atoms with Crippen LogP contribution in [0.3, 0.4) is 0 Å². The summed E-state index contributed by atoms with van der Waals surface area (Å²) in [5, 5.41) is 10.5. The number of nitrogens with zero attached hydrogens (tertiary/aromatic N) is 3. The Balaban J connectivity index is 1.31. The van der Waals surface area contributed by atoms with E-state index in [9.17, 15) is 19.6 Å². The first-order valence-corrected chi connectivity index (χ1v) is 9.20. The van der Waals surface area contributed by atoms with Crippen LogP contribution in [0.4, 0.5) is 0 Å². The molecule has 3 fully saturated rings. The van der Waals surface area contributed by atoms with Gasteiger partial charge in [0.1, 0.15) is 0 Å². The van der Waals surface area contributed by atoms with Gasteiger partial charge in [-0.15, -0.1) is 0 Å². The van der Waals surface area contributed by atoms with Gasteiger partial charge in [-0.2, -0.15) is 5.06 Å². The predicted octanol–water partition coefficient (Wildman–Crippen LogP) is 0.102. The molecule has 0 aromatic carbocycles. The fraction of sp³-hybridized carbons (Fsp3) is 0.824. The smallest absolute Gasteiger partial charge is 0.233 e. The molecule has 1 atom stereocenters. The average molecular weight is 353 g/mol. The first-order chi connectivity index (χ1) is 12.1. The van der Waals surface area contributed by atoms with E-state index in [0.717, 1.165) is 19.3 Å². The summed E-state index contributed by atoms with van der Waals surface area (Å²) in [5.41, 5.74) is 0. The van der Waals surface area contributed by atoms with Crippen molar-refractivity contribution in [1.29, 1.82) is 0 Å². The van der Waals surface area contributed by atoms with Crippen LogP contribution < -0.4 is 0 Å². The van der Waals surface area contributed by atoms with Crippen LogP contribution in [0.15, 0.2) is 0 Å². The van der Waals surface area contributed by atoms with E-state index >= 15 is 0 Å². The maximum absolute atomic E-state index is 12.3. The van der Waals surface area contributed by atoms with Crippen LogP contribution in [0, 0.1) is 11.8 Å². The highest BCUT2D eigenvalue weighted by Gasteiger charge is 2.44. The number of amides is 3. The summed E-state index contributed by atoms with van der Waals surface area (Å²) in [6.45, 7) is 2.80. The van der Waals surface area contributed by atoms with Gasteiger partial charge in [0.15, 0.2) is 0 Å². The SMILES string of the molecule is O=C(CCOCCN1C(=O)CC(C2CCC2)C1=O)N1CCN(O)CC1. The highest BCUT2D eigenvalue weighted by molar-refractivity contribution is 6.03. The summed E-state index contributed by atoms with van der Waals surface area (Å²) in [4.78, 5) is 39.4.